The molecule has 27 heavy (non-hydrogen) atoms. The van der Waals surface area contributed by atoms with Crippen LogP contribution in [0.1, 0.15) is 64.6 Å². The second-order valence-electron chi connectivity index (χ2n) is 8.44. The largest absolute Gasteiger partial charge is 0.410 e. The van der Waals surface area contributed by atoms with Crippen LogP contribution >= 0.6 is 0 Å². The van der Waals surface area contributed by atoms with Crippen LogP contribution in [0.2, 0.25) is 0 Å². The Hall–Kier alpha value is -1.73. The molecule has 0 saturated carbocycles. The smallest absolute Gasteiger partial charge is 0.367 e. The fraction of sp³-hybridized carbons (Fsp3) is 0.789. The maximum atomic E-state index is 13.6. The van der Waals surface area contributed by atoms with E-state index < -0.39 is 12.2 Å². The van der Waals surface area contributed by atoms with Crippen molar-refractivity contribution < 1.29 is 18.0 Å². The van der Waals surface area contributed by atoms with Gasteiger partial charge in [-0.1, -0.05) is 27.7 Å². The lowest BCUT2D eigenvalue weighted by Crippen LogP contribution is -2.41. The molecule has 1 amide bonds. The number of halogens is 3. The second kappa shape index (κ2) is 7.36. The van der Waals surface area contributed by atoms with Gasteiger partial charge in [0, 0.05) is 37.0 Å². The van der Waals surface area contributed by atoms with Crippen LogP contribution in [-0.4, -0.2) is 45.9 Å². The minimum atomic E-state index is -4.32. The summed E-state index contributed by atoms with van der Waals surface area (Å²) in [7, 11) is 0. The molecule has 1 fully saturated rings. The Morgan fingerprint density at radius 1 is 1.22 bits per heavy atom. The highest BCUT2D eigenvalue weighted by molar-refractivity contribution is 5.78. The van der Waals surface area contributed by atoms with E-state index in [2.05, 4.69) is 10.4 Å². The third-order valence-electron chi connectivity index (χ3n) is 5.76. The Morgan fingerprint density at radius 3 is 2.37 bits per heavy atom. The summed E-state index contributed by atoms with van der Waals surface area (Å²) < 4.78 is 41.9. The van der Waals surface area contributed by atoms with Crippen LogP contribution in [0.25, 0.3) is 0 Å². The van der Waals surface area contributed by atoms with E-state index in [4.69, 9.17) is 0 Å². The van der Waals surface area contributed by atoms with Gasteiger partial charge in [-0.05, 0) is 25.2 Å². The van der Waals surface area contributed by atoms with Gasteiger partial charge in [0.1, 0.15) is 5.82 Å². The first kappa shape index (κ1) is 20.0. The fourth-order valence-corrected chi connectivity index (χ4v) is 4.02. The Balaban J connectivity index is 1.78. The lowest BCUT2D eigenvalue weighted by Gasteiger charge is -2.35. The quantitative estimate of drug-likeness (QED) is 0.848. The number of piperidine rings is 1. The average Bonchev–Trinajstić information content (AvgIpc) is 3.03. The fourth-order valence-electron chi connectivity index (χ4n) is 4.02. The molecular weight excluding hydrogens is 357 g/mol. The molecule has 152 valence electrons. The zero-order chi connectivity index (χ0) is 19.9. The minimum Gasteiger partial charge on any atom is -0.367 e. The molecule has 0 aliphatic carbocycles. The van der Waals surface area contributed by atoms with Gasteiger partial charge in [0.2, 0.25) is 5.91 Å². The normalized spacial score (nSPS) is 24.3. The lowest BCUT2D eigenvalue weighted by atomic mass is 9.92. The molecule has 0 unspecified atom stereocenters. The minimum absolute atomic E-state index is 0.00335. The third kappa shape index (κ3) is 4.09. The van der Waals surface area contributed by atoms with Crippen LogP contribution < -0.4 is 5.32 Å². The first-order chi connectivity index (χ1) is 12.6. The molecule has 5 nitrogen and oxygen atoms in total. The van der Waals surface area contributed by atoms with Crippen molar-refractivity contribution >= 4 is 11.7 Å². The maximum absolute atomic E-state index is 13.6. The van der Waals surface area contributed by atoms with Crippen LogP contribution in [0.15, 0.2) is 6.07 Å². The van der Waals surface area contributed by atoms with E-state index in [1.165, 1.54) is 0 Å². The summed E-state index contributed by atoms with van der Waals surface area (Å²) >= 11 is 0. The number of nitrogens with one attached hydrogen (secondary N) is 1. The monoisotopic (exact) mass is 386 g/mol. The SMILES string of the molecule is CC(C)C(=O)N1CCC(c2cc3n(n2)[C@@H](C(F)(F)F)C[C@@H](C(C)C)N3)CC1. The number of anilines is 1. The van der Waals surface area contributed by atoms with Crippen molar-refractivity contribution in [3.8, 4) is 0 Å². The van der Waals surface area contributed by atoms with E-state index >= 15 is 0 Å². The predicted octanol–water partition coefficient (Wildman–Crippen LogP) is 4.19. The summed E-state index contributed by atoms with van der Waals surface area (Å²) in [6.07, 6.45) is -2.85. The van der Waals surface area contributed by atoms with Gasteiger partial charge >= 0.3 is 6.18 Å². The number of carbonyl (C=O) groups excluding carboxylic acids is 1. The number of aromatic nitrogens is 2. The van der Waals surface area contributed by atoms with Crippen LogP contribution in [-0.2, 0) is 4.79 Å². The number of hydrogen-bond donors (Lipinski definition) is 1. The highest BCUT2D eigenvalue weighted by atomic mass is 19.4. The molecule has 0 aromatic carbocycles. The Bertz CT molecular complexity index is 675. The molecule has 3 rings (SSSR count). The topological polar surface area (TPSA) is 50.2 Å². The Labute approximate surface area is 158 Å². The molecule has 2 aliphatic rings. The highest BCUT2D eigenvalue weighted by Gasteiger charge is 2.47. The first-order valence-corrected chi connectivity index (χ1v) is 9.79. The van der Waals surface area contributed by atoms with Crippen LogP contribution in [0.5, 0.6) is 0 Å². The van der Waals surface area contributed by atoms with E-state index in [1.54, 1.807) is 6.07 Å². The summed E-state index contributed by atoms with van der Waals surface area (Å²) in [5, 5.41) is 7.59. The number of likely N-dealkylation sites (tertiary alicyclic amines) is 1. The average molecular weight is 386 g/mol. The Kier molecular flexibility index (Phi) is 5.45. The van der Waals surface area contributed by atoms with E-state index in [-0.39, 0.29) is 36.1 Å². The Morgan fingerprint density at radius 2 is 1.85 bits per heavy atom. The van der Waals surface area contributed by atoms with Gasteiger partial charge in [-0.25, -0.2) is 4.68 Å². The van der Waals surface area contributed by atoms with Crippen molar-refractivity contribution in [3.63, 3.8) is 0 Å². The predicted molar refractivity (Wildman–Crippen MR) is 97.6 cm³/mol. The number of alkyl halides is 3. The molecule has 1 N–H and O–H groups in total. The summed E-state index contributed by atoms with van der Waals surface area (Å²) in [5.74, 6) is 0.750. The van der Waals surface area contributed by atoms with Gasteiger partial charge < -0.3 is 10.2 Å². The summed E-state index contributed by atoms with van der Waals surface area (Å²) in [5.41, 5.74) is 0.702. The third-order valence-corrected chi connectivity index (χ3v) is 5.76. The van der Waals surface area contributed by atoms with E-state index in [0.717, 1.165) is 17.5 Å². The first-order valence-electron chi connectivity index (χ1n) is 9.79. The molecule has 1 aromatic rings. The van der Waals surface area contributed by atoms with Gasteiger partial charge in [-0.15, -0.1) is 0 Å². The van der Waals surface area contributed by atoms with Gasteiger partial charge in [0.05, 0.1) is 5.69 Å². The molecule has 0 radical (unpaired) electrons. The zero-order valence-electron chi connectivity index (χ0n) is 16.4. The van der Waals surface area contributed by atoms with Crippen molar-refractivity contribution in [2.45, 2.75) is 71.1 Å². The van der Waals surface area contributed by atoms with Gasteiger partial charge in [-0.3, -0.25) is 4.79 Å². The van der Waals surface area contributed by atoms with E-state index in [9.17, 15) is 18.0 Å². The van der Waals surface area contributed by atoms with Gasteiger partial charge in [0.25, 0.3) is 0 Å². The highest BCUT2D eigenvalue weighted by Crippen LogP contribution is 2.42. The van der Waals surface area contributed by atoms with Crippen LogP contribution in [0.4, 0.5) is 19.0 Å². The van der Waals surface area contributed by atoms with E-state index in [1.807, 2.05) is 32.6 Å². The molecule has 2 atom stereocenters. The summed E-state index contributed by atoms with van der Waals surface area (Å²) in [6, 6.07) is -0.0329. The number of carbonyl (C=O) groups is 1. The number of amides is 1. The molecule has 0 bridgehead atoms. The molecule has 0 spiro atoms. The molecule has 1 aromatic heterocycles. The van der Waals surface area contributed by atoms with Crippen molar-refractivity contribution in [2.75, 3.05) is 18.4 Å². The number of hydrogen-bond acceptors (Lipinski definition) is 3. The zero-order valence-corrected chi connectivity index (χ0v) is 16.4. The lowest BCUT2D eigenvalue weighted by molar-refractivity contribution is -0.174. The molecule has 1 saturated heterocycles. The van der Waals surface area contributed by atoms with Crippen molar-refractivity contribution in [2.24, 2.45) is 11.8 Å². The summed E-state index contributed by atoms with van der Waals surface area (Å²) in [4.78, 5) is 14.0. The molecule has 3 heterocycles. The second-order valence-corrected chi connectivity index (χ2v) is 8.44. The van der Waals surface area contributed by atoms with Crippen molar-refractivity contribution in [1.29, 1.82) is 0 Å². The number of fused-ring (bicyclic) bond motifs is 1. The number of rotatable bonds is 3. The van der Waals surface area contributed by atoms with Crippen LogP contribution in [0, 0.1) is 11.8 Å². The van der Waals surface area contributed by atoms with Gasteiger partial charge in [0.15, 0.2) is 6.04 Å². The molecule has 8 heteroatoms. The van der Waals surface area contributed by atoms with Gasteiger partial charge in [-0.2, -0.15) is 18.3 Å². The van der Waals surface area contributed by atoms with Crippen molar-refractivity contribution in [3.05, 3.63) is 11.8 Å². The van der Waals surface area contributed by atoms with Crippen LogP contribution in [0.3, 0.4) is 0 Å². The standard InChI is InChI=1S/C19H29F3N4O/c1-11(2)14-9-16(19(20,21)22)26-17(23-14)10-15(24-26)13-5-7-25(8-6-13)18(27)12(3)4/h10-14,16,23H,5-9H2,1-4H3/t14-,16+/m0/s1. The molecular formula is C19H29F3N4O. The maximum Gasteiger partial charge on any atom is 0.410 e. The van der Waals surface area contributed by atoms with Crippen molar-refractivity contribution in [1.82, 2.24) is 14.7 Å². The van der Waals surface area contributed by atoms with E-state index in [0.29, 0.717) is 24.6 Å². The number of nitrogens with zero attached hydrogens (tertiary/aromatic N) is 3. The summed E-state index contributed by atoms with van der Waals surface area (Å²) in [6.45, 7) is 8.89. The molecule has 2 aliphatic heterocycles.